The minimum Gasteiger partial charge on any atom is -0.478 e. The van der Waals surface area contributed by atoms with E-state index in [1.54, 1.807) is 13.0 Å². The Morgan fingerprint density at radius 1 is 1.12 bits per heavy atom. The zero-order valence-electron chi connectivity index (χ0n) is 21.3. The van der Waals surface area contributed by atoms with Crippen LogP contribution in [0.25, 0.3) is 5.65 Å². The van der Waals surface area contributed by atoms with Gasteiger partial charge < -0.3 is 20.5 Å². The van der Waals surface area contributed by atoms with E-state index in [0.717, 1.165) is 40.0 Å². The van der Waals surface area contributed by atoms with E-state index in [9.17, 15) is 37.1 Å². The Balaban J connectivity index is 1.35. The summed E-state index contributed by atoms with van der Waals surface area (Å²) in [5, 5.41) is 18.6. The lowest BCUT2D eigenvalue weighted by atomic mass is 9.98. The van der Waals surface area contributed by atoms with Crippen molar-refractivity contribution in [3.05, 3.63) is 93.7 Å². The molecule has 2 amide bonds. The van der Waals surface area contributed by atoms with Crippen LogP contribution in [0.5, 0.6) is 5.75 Å². The fraction of sp³-hybridized carbons (Fsp3) is 0.222. The Morgan fingerprint density at radius 3 is 2.54 bits per heavy atom. The van der Waals surface area contributed by atoms with E-state index in [4.69, 9.17) is 0 Å². The van der Waals surface area contributed by atoms with Gasteiger partial charge in [0.05, 0.1) is 17.8 Å². The minimum absolute atomic E-state index is 0.0994. The molecule has 0 bridgehead atoms. The zero-order valence-corrected chi connectivity index (χ0v) is 21.3. The van der Waals surface area contributed by atoms with Crippen molar-refractivity contribution in [2.24, 2.45) is 0 Å². The van der Waals surface area contributed by atoms with Crippen LogP contribution in [0.3, 0.4) is 0 Å². The molecule has 0 saturated carbocycles. The number of amides is 2. The number of hydrogen-bond donors (Lipinski definition) is 3. The Bertz CT molecular complexity index is 1680. The summed E-state index contributed by atoms with van der Waals surface area (Å²) in [6.07, 6.45) is -2.93. The summed E-state index contributed by atoms with van der Waals surface area (Å²) in [5.74, 6) is -3.75. The van der Waals surface area contributed by atoms with Crippen LogP contribution in [-0.4, -0.2) is 43.9 Å². The van der Waals surface area contributed by atoms with E-state index in [2.05, 4.69) is 25.5 Å². The molecule has 2 aromatic heterocycles. The molecule has 0 unspecified atom stereocenters. The molecule has 1 aliphatic carbocycles. The van der Waals surface area contributed by atoms with Gasteiger partial charge in [-0.3, -0.25) is 9.59 Å². The van der Waals surface area contributed by atoms with Crippen molar-refractivity contribution in [1.82, 2.24) is 25.2 Å². The highest BCUT2D eigenvalue weighted by Gasteiger charge is 2.31. The molecule has 0 spiro atoms. The number of aromatic carboxylic acids is 1. The van der Waals surface area contributed by atoms with E-state index in [1.165, 1.54) is 18.2 Å². The third-order valence-electron chi connectivity index (χ3n) is 6.73. The number of carbonyl (C=O) groups excluding carboxylic acids is 2. The molecule has 2 aromatic carbocycles. The number of alkyl halides is 3. The first-order valence-corrected chi connectivity index (χ1v) is 12.2. The van der Waals surface area contributed by atoms with Gasteiger partial charge in [-0.05, 0) is 60.2 Å². The number of nitrogens with one attached hydrogen (secondary N) is 2. The van der Waals surface area contributed by atoms with Crippen LogP contribution in [0.15, 0.2) is 48.7 Å². The lowest BCUT2D eigenvalue weighted by Gasteiger charge is -2.16. The van der Waals surface area contributed by atoms with Crippen molar-refractivity contribution in [1.29, 1.82) is 0 Å². The molecule has 1 atom stereocenters. The van der Waals surface area contributed by atoms with Gasteiger partial charge in [-0.2, -0.15) is 5.10 Å². The first kappa shape index (κ1) is 27.6. The lowest BCUT2D eigenvalue weighted by Crippen LogP contribution is -2.30. The number of carboxylic acid groups (broad SMARTS) is 1. The molecule has 4 aromatic rings. The van der Waals surface area contributed by atoms with Crippen LogP contribution in [0.1, 0.15) is 66.1 Å². The summed E-state index contributed by atoms with van der Waals surface area (Å²) < 4.78 is 56.3. The van der Waals surface area contributed by atoms with E-state index >= 15 is 0 Å². The maximum Gasteiger partial charge on any atom is 0.573 e. The van der Waals surface area contributed by atoms with Crippen LogP contribution in [0.2, 0.25) is 0 Å². The maximum atomic E-state index is 14.4. The molecule has 2 heterocycles. The Kier molecular flexibility index (Phi) is 7.07. The predicted octanol–water partition coefficient (Wildman–Crippen LogP) is 4.12. The van der Waals surface area contributed by atoms with Gasteiger partial charge in [0.1, 0.15) is 17.1 Å². The van der Waals surface area contributed by atoms with Crippen LogP contribution >= 0.6 is 0 Å². The highest BCUT2D eigenvalue weighted by atomic mass is 19.4. The molecular weight excluding hydrogens is 550 g/mol. The average Bonchev–Trinajstić information content (AvgIpc) is 3.50. The molecule has 3 N–H and O–H groups in total. The molecule has 0 saturated heterocycles. The largest absolute Gasteiger partial charge is 0.573 e. The molecule has 14 heteroatoms. The maximum absolute atomic E-state index is 14.4. The number of ether oxygens (including phenoxy) is 1. The molecule has 41 heavy (non-hydrogen) atoms. The molecule has 212 valence electrons. The van der Waals surface area contributed by atoms with Crippen molar-refractivity contribution in [3.8, 4) is 5.75 Å². The molecule has 0 radical (unpaired) electrons. The van der Waals surface area contributed by atoms with Gasteiger partial charge in [-0.15, -0.1) is 13.2 Å². The van der Waals surface area contributed by atoms with Crippen molar-refractivity contribution in [3.63, 3.8) is 0 Å². The lowest BCUT2D eigenvalue weighted by molar-refractivity contribution is -0.274. The predicted molar refractivity (Wildman–Crippen MR) is 134 cm³/mol. The van der Waals surface area contributed by atoms with Crippen LogP contribution in [0, 0.1) is 12.7 Å². The first-order valence-electron chi connectivity index (χ1n) is 12.2. The number of hydrogen-bond acceptors (Lipinski definition) is 6. The number of fused-ring (bicyclic) bond motifs is 2. The van der Waals surface area contributed by atoms with Crippen molar-refractivity contribution < 1.29 is 41.8 Å². The fourth-order valence-electron chi connectivity index (χ4n) is 4.79. The Hall–Kier alpha value is -5.01. The number of carbonyl (C=O) groups is 3. The monoisotopic (exact) mass is 571 g/mol. The van der Waals surface area contributed by atoms with Crippen molar-refractivity contribution >= 4 is 23.4 Å². The van der Waals surface area contributed by atoms with Gasteiger partial charge >= 0.3 is 12.3 Å². The third-order valence-corrected chi connectivity index (χ3v) is 6.73. The standard InChI is InChI=1S/C27H21F4N5O5/c1-13-16-8-9-20(18(16)7-6-17(13)26(39)40)35-25(38)22-10-21(34-23-19(28)12-33-36(22)23)24(37)32-11-14-2-4-15(5-3-14)41-27(29,30)31/h2-7,10,12,20H,8-9,11H2,1H3,(H,32,37)(H,35,38)(H,39,40)/t20-/m0/s1. The second-order valence-electron chi connectivity index (χ2n) is 9.30. The summed E-state index contributed by atoms with van der Waals surface area (Å²) in [6.45, 7) is 1.61. The van der Waals surface area contributed by atoms with Gasteiger partial charge in [-0.25, -0.2) is 18.7 Å². The van der Waals surface area contributed by atoms with Crippen molar-refractivity contribution in [2.45, 2.75) is 38.7 Å². The topological polar surface area (TPSA) is 135 Å². The molecule has 0 aliphatic heterocycles. The normalized spacial score (nSPS) is 14.5. The molecule has 10 nitrogen and oxygen atoms in total. The number of halogens is 4. The van der Waals surface area contributed by atoms with Gasteiger partial charge in [0.25, 0.3) is 11.8 Å². The zero-order chi connectivity index (χ0) is 29.5. The fourth-order valence-corrected chi connectivity index (χ4v) is 4.79. The van der Waals surface area contributed by atoms with Gasteiger partial charge in [-0.1, -0.05) is 18.2 Å². The summed E-state index contributed by atoms with van der Waals surface area (Å²) in [7, 11) is 0. The second-order valence-corrected chi connectivity index (χ2v) is 9.30. The summed E-state index contributed by atoms with van der Waals surface area (Å²) >= 11 is 0. The molecular formula is C27H21F4N5O5. The van der Waals surface area contributed by atoms with Crippen molar-refractivity contribution in [2.75, 3.05) is 0 Å². The van der Waals surface area contributed by atoms with E-state index in [1.807, 2.05) is 0 Å². The van der Waals surface area contributed by atoms with E-state index < -0.39 is 41.8 Å². The summed E-state index contributed by atoms with van der Waals surface area (Å²) in [4.78, 5) is 41.7. The molecule has 0 fully saturated rings. The number of carboxylic acids is 1. The molecule has 5 rings (SSSR count). The van der Waals surface area contributed by atoms with E-state index in [0.29, 0.717) is 24.0 Å². The van der Waals surface area contributed by atoms with Gasteiger partial charge in [0.2, 0.25) is 0 Å². The van der Waals surface area contributed by atoms with Gasteiger partial charge in [0.15, 0.2) is 11.5 Å². The smallest absolute Gasteiger partial charge is 0.478 e. The number of aromatic nitrogens is 3. The minimum atomic E-state index is -4.84. The van der Waals surface area contributed by atoms with E-state index in [-0.39, 0.29) is 29.1 Å². The number of nitrogens with zero attached hydrogens (tertiary/aromatic N) is 3. The van der Waals surface area contributed by atoms with Gasteiger partial charge in [0, 0.05) is 12.6 Å². The summed E-state index contributed by atoms with van der Waals surface area (Å²) in [6, 6.07) is 8.67. The highest BCUT2D eigenvalue weighted by molar-refractivity contribution is 5.98. The summed E-state index contributed by atoms with van der Waals surface area (Å²) in [5.41, 5.74) is 2.04. The Morgan fingerprint density at radius 2 is 1.85 bits per heavy atom. The van der Waals surface area contributed by atoms with Crippen LogP contribution in [0.4, 0.5) is 17.6 Å². The number of rotatable bonds is 7. The number of benzene rings is 2. The third kappa shape index (κ3) is 5.66. The Labute approximate surface area is 229 Å². The quantitative estimate of drug-likeness (QED) is 0.284. The first-order chi connectivity index (χ1) is 19.4. The SMILES string of the molecule is Cc1c(C(=O)O)ccc2c1CC[C@@H]2NC(=O)c1cc(C(=O)NCc2ccc(OC(F)(F)F)cc2)nc2c(F)cnn12. The highest BCUT2D eigenvalue weighted by Crippen LogP contribution is 2.35. The van der Waals surface area contributed by atoms with Crippen LogP contribution in [-0.2, 0) is 13.0 Å². The van der Waals surface area contributed by atoms with Crippen LogP contribution < -0.4 is 15.4 Å². The second kappa shape index (κ2) is 10.5. The molecule has 1 aliphatic rings. The average molecular weight is 571 g/mol.